The van der Waals surface area contributed by atoms with Crippen LogP contribution in [0.15, 0.2) is 30.6 Å². The Morgan fingerprint density at radius 1 is 1.21 bits per heavy atom. The molecule has 0 saturated heterocycles. The molecule has 0 bridgehead atoms. The molecule has 0 aliphatic heterocycles. The first-order valence-electron chi connectivity index (χ1n) is 6.99. The molecule has 1 saturated carbocycles. The molecule has 100 valence electrons. The van der Waals surface area contributed by atoms with Crippen molar-refractivity contribution < 1.29 is 0 Å². The molecule has 1 aromatic carbocycles. The molecule has 2 N–H and O–H groups in total. The number of nitrogen functional groups attached to an aromatic ring is 1. The van der Waals surface area contributed by atoms with Crippen LogP contribution in [0.1, 0.15) is 38.6 Å². The predicted molar refractivity (Wildman–Crippen MR) is 76.5 cm³/mol. The molecule has 0 amide bonds. The molecule has 19 heavy (non-hydrogen) atoms. The fraction of sp³-hybridized carbons (Fsp3) is 0.467. The Bertz CT molecular complexity index is 553. The standard InChI is InChI=1S/C15H20N4/c1-11-5-7-14(8-6-11)19-10-17-15(18-19)12-3-2-4-13(16)9-12/h2-4,9-11,14H,5-8,16H2,1H3. The lowest BCUT2D eigenvalue weighted by atomic mass is 9.87. The zero-order chi connectivity index (χ0) is 13.2. The minimum Gasteiger partial charge on any atom is -0.399 e. The quantitative estimate of drug-likeness (QED) is 0.839. The van der Waals surface area contributed by atoms with Gasteiger partial charge >= 0.3 is 0 Å². The van der Waals surface area contributed by atoms with Crippen LogP contribution in [0.5, 0.6) is 0 Å². The number of benzene rings is 1. The average molecular weight is 256 g/mol. The van der Waals surface area contributed by atoms with E-state index in [1.807, 2.05) is 35.3 Å². The Hall–Kier alpha value is -1.84. The molecule has 0 atom stereocenters. The van der Waals surface area contributed by atoms with E-state index >= 15 is 0 Å². The van der Waals surface area contributed by atoms with Crippen molar-refractivity contribution in [1.82, 2.24) is 14.8 Å². The van der Waals surface area contributed by atoms with Crippen LogP contribution in [0.4, 0.5) is 5.69 Å². The van der Waals surface area contributed by atoms with Gasteiger partial charge in [-0.25, -0.2) is 9.67 Å². The Morgan fingerprint density at radius 2 is 2.00 bits per heavy atom. The number of nitrogens with zero attached hydrogens (tertiary/aromatic N) is 3. The summed E-state index contributed by atoms with van der Waals surface area (Å²) in [4.78, 5) is 4.42. The lowest BCUT2D eigenvalue weighted by Gasteiger charge is -2.25. The molecule has 1 heterocycles. The summed E-state index contributed by atoms with van der Waals surface area (Å²) in [6, 6.07) is 8.25. The van der Waals surface area contributed by atoms with Gasteiger partial charge in [-0.1, -0.05) is 19.1 Å². The molecule has 1 aromatic heterocycles. The van der Waals surface area contributed by atoms with E-state index in [0.29, 0.717) is 6.04 Å². The maximum Gasteiger partial charge on any atom is 0.181 e. The lowest BCUT2D eigenvalue weighted by molar-refractivity contribution is 0.274. The second-order valence-corrected chi connectivity index (χ2v) is 5.59. The Kier molecular flexibility index (Phi) is 3.23. The normalized spacial score (nSPS) is 23.4. The molecule has 0 unspecified atom stereocenters. The van der Waals surface area contributed by atoms with E-state index in [0.717, 1.165) is 23.0 Å². The van der Waals surface area contributed by atoms with Gasteiger partial charge in [0.2, 0.25) is 0 Å². The van der Waals surface area contributed by atoms with Crippen LogP contribution >= 0.6 is 0 Å². The fourth-order valence-electron chi connectivity index (χ4n) is 2.77. The Morgan fingerprint density at radius 3 is 2.74 bits per heavy atom. The highest BCUT2D eigenvalue weighted by atomic mass is 15.3. The van der Waals surface area contributed by atoms with Gasteiger partial charge in [0.1, 0.15) is 6.33 Å². The van der Waals surface area contributed by atoms with E-state index < -0.39 is 0 Å². The van der Waals surface area contributed by atoms with E-state index in [4.69, 9.17) is 5.73 Å². The topological polar surface area (TPSA) is 56.7 Å². The molecule has 1 aliphatic carbocycles. The Balaban J connectivity index is 1.80. The van der Waals surface area contributed by atoms with Crippen molar-refractivity contribution in [3.05, 3.63) is 30.6 Å². The number of aromatic nitrogens is 3. The van der Waals surface area contributed by atoms with Gasteiger partial charge in [-0.15, -0.1) is 0 Å². The maximum absolute atomic E-state index is 5.80. The van der Waals surface area contributed by atoms with Gasteiger partial charge in [0.05, 0.1) is 6.04 Å². The van der Waals surface area contributed by atoms with Crippen LogP contribution in [0.25, 0.3) is 11.4 Å². The Labute approximate surface area is 113 Å². The van der Waals surface area contributed by atoms with E-state index in [2.05, 4.69) is 17.0 Å². The number of hydrogen-bond donors (Lipinski definition) is 1. The van der Waals surface area contributed by atoms with Crippen LogP contribution in [-0.2, 0) is 0 Å². The summed E-state index contributed by atoms with van der Waals surface area (Å²) >= 11 is 0. The molecule has 1 aliphatic rings. The second-order valence-electron chi connectivity index (χ2n) is 5.59. The van der Waals surface area contributed by atoms with Gasteiger partial charge in [0, 0.05) is 11.3 Å². The van der Waals surface area contributed by atoms with Crippen molar-refractivity contribution >= 4 is 5.69 Å². The van der Waals surface area contributed by atoms with E-state index in [1.165, 1.54) is 25.7 Å². The summed E-state index contributed by atoms with van der Waals surface area (Å²) < 4.78 is 2.03. The zero-order valence-corrected chi connectivity index (χ0v) is 11.3. The fourth-order valence-corrected chi connectivity index (χ4v) is 2.77. The van der Waals surface area contributed by atoms with Crippen molar-refractivity contribution in [2.75, 3.05) is 5.73 Å². The third-order valence-corrected chi connectivity index (χ3v) is 4.01. The highest BCUT2D eigenvalue weighted by Gasteiger charge is 2.20. The van der Waals surface area contributed by atoms with Crippen LogP contribution < -0.4 is 5.73 Å². The summed E-state index contributed by atoms with van der Waals surface area (Å²) in [5, 5.41) is 4.62. The van der Waals surface area contributed by atoms with E-state index in [1.54, 1.807) is 0 Å². The van der Waals surface area contributed by atoms with Crippen LogP contribution in [0, 0.1) is 5.92 Å². The largest absolute Gasteiger partial charge is 0.399 e. The van der Waals surface area contributed by atoms with Gasteiger partial charge in [-0.3, -0.25) is 0 Å². The van der Waals surface area contributed by atoms with Gasteiger partial charge < -0.3 is 5.73 Å². The summed E-state index contributed by atoms with van der Waals surface area (Å²) in [6.07, 6.45) is 6.86. The third kappa shape index (κ3) is 2.62. The average Bonchev–Trinajstić information content (AvgIpc) is 2.89. The van der Waals surface area contributed by atoms with Crippen molar-refractivity contribution in [3.63, 3.8) is 0 Å². The van der Waals surface area contributed by atoms with E-state index in [9.17, 15) is 0 Å². The second kappa shape index (κ2) is 5.03. The zero-order valence-electron chi connectivity index (χ0n) is 11.3. The number of hydrogen-bond acceptors (Lipinski definition) is 3. The first kappa shape index (κ1) is 12.2. The predicted octanol–water partition coefficient (Wildman–Crippen LogP) is 3.28. The van der Waals surface area contributed by atoms with Gasteiger partial charge in [-0.2, -0.15) is 5.10 Å². The minimum absolute atomic E-state index is 0.513. The summed E-state index contributed by atoms with van der Waals surface area (Å²) in [6.45, 7) is 2.33. The molecule has 1 fully saturated rings. The van der Waals surface area contributed by atoms with Crippen LogP contribution in [0.2, 0.25) is 0 Å². The lowest BCUT2D eigenvalue weighted by Crippen LogP contribution is -2.17. The summed E-state index contributed by atoms with van der Waals surface area (Å²) in [5.41, 5.74) is 7.54. The highest BCUT2D eigenvalue weighted by Crippen LogP contribution is 2.31. The number of nitrogens with two attached hydrogens (primary N) is 1. The number of rotatable bonds is 2. The number of anilines is 1. The van der Waals surface area contributed by atoms with Crippen LogP contribution in [-0.4, -0.2) is 14.8 Å². The van der Waals surface area contributed by atoms with Crippen molar-refractivity contribution in [3.8, 4) is 11.4 Å². The maximum atomic E-state index is 5.80. The van der Waals surface area contributed by atoms with Crippen molar-refractivity contribution in [1.29, 1.82) is 0 Å². The molecule has 4 nitrogen and oxygen atoms in total. The minimum atomic E-state index is 0.513. The molecule has 0 radical (unpaired) electrons. The monoisotopic (exact) mass is 256 g/mol. The molecular weight excluding hydrogens is 236 g/mol. The van der Waals surface area contributed by atoms with Crippen molar-refractivity contribution in [2.24, 2.45) is 5.92 Å². The smallest absolute Gasteiger partial charge is 0.181 e. The molecule has 0 spiro atoms. The molecule has 4 heteroatoms. The van der Waals surface area contributed by atoms with Gasteiger partial charge in [0.25, 0.3) is 0 Å². The first-order valence-corrected chi connectivity index (χ1v) is 6.99. The highest BCUT2D eigenvalue weighted by molar-refractivity contribution is 5.60. The first-order chi connectivity index (χ1) is 9.22. The van der Waals surface area contributed by atoms with Gasteiger partial charge in [-0.05, 0) is 43.7 Å². The molecule has 3 rings (SSSR count). The van der Waals surface area contributed by atoms with Crippen molar-refractivity contribution in [2.45, 2.75) is 38.6 Å². The summed E-state index contributed by atoms with van der Waals surface area (Å²) in [7, 11) is 0. The SMILES string of the molecule is CC1CCC(n2cnc(-c3cccc(N)c3)n2)CC1. The summed E-state index contributed by atoms with van der Waals surface area (Å²) in [5.74, 6) is 1.62. The molecule has 2 aromatic rings. The third-order valence-electron chi connectivity index (χ3n) is 4.01. The molecular formula is C15H20N4. The van der Waals surface area contributed by atoms with E-state index in [-0.39, 0.29) is 0 Å². The van der Waals surface area contributed by atoms with Gasteiger partial charge in [0.15, 0.2) is 5.82 Å². The van der Waals surface area contributed by atoms with Crippen LogP contribution in [0.3, 0.4) is 0 Å².